The SMILES string of the molecule is Cc1nc(N2CCCN(C)CC2C)sc1C=O. The summed E-state index contributed by atoms with van der Waals surface area (Å²) in [6.07, 6.45) is 2.06. The fraction of sp³-hybridized carbons (Fsp3) is 0.667. The van der Waals surface area contributed by atoms with Crippen LogP contribution in [0.3, 0.4) is 0 Å². The largest absolute Gasteiger partial charge is 0.344 e. The van der Waals surface area contributed by atoms with Crippen molar-refractivity contribution in [2.24, 2.45) is 0 Å². The number of anilines is 1. The molecule has 1 aliphatic rings. The molecule has 1 fully saturated rings. The highest BCUT2D eigenvalue weighted by atomic mass is 32.1. The van der Waals surface area contributed by atoms with E-state index in [2.05, 4.69) is 28.8 Å². The number of carbonyl (C=O) groups is 1. The first-order valence-corrected chi connectivity index (χ1v) is 6.81. The van der Waals surface area contributed by atoms with E-state index in [9.17, 15) is 4.79 Å². The molecule has 1 saturated heterocycles. The summed E-state index contributed by atoms with van der Waals surface area (Å²) in [7, 11) is 2.16. The van der Waals surface area contributed by atoms with E-state index in [1.165, 1.54) is 11.3 Å². The lowest BCUT2D eigenvalue weighted by atomic mass is 10.3. The number of likely N-dealkylation sites (N-methyl/N-ethyl adjacent to an activating group) is 1. The van der Waals surface area contributed by atoms with Crippen LogP contribution in [0.2, 0.25) is 0 Å². The molecule has 0 radical (unpaired) electrons. The first kappa shape index (κ1) is 12.5. The maximum atomic E-state index is 10.9. The molecule has 1 aromatic rings. The van der Waals surface area contributed by atoms with E-state index in [0.29, 0.717) is 6.04 Å². The van der Waals surface area contributed by atoms with Crippen LogP contribution in [0.25, 0.3) is 0 Å². The van der Waals surface area contributed by atoms with Crippen LogP contribution in [-0.4, -0.2) is 48.9 Å². The molecule has 94 valence electrons. The van der Waals surface area contributed by atoms with E-state index in [4.69, 9.17) is 0 Å². The minimum atomic E-state index is 0.451. The van der Waals surface area contributed by atoms with Crippen molar-refractivity contribution in [3.05, 3.63) is 10.6 Å². The zero-order chi connectivity index (χ0) is 12.4. The van der Waals surface area contributed by atoms with Crippen molar-refractivity contribution in [3.8, 4) is 0 Å². The number of aryl methyl sites for hydroxylation is 1. The zero-order valence-electron chi connectivity index (χ0n) is 10.6. The Hall–Kier alpha value is -0.940. The van der Waals surface area contributed by atoms with Crippen molar-refractivity contribution >= 4 is 22.8 Å². The number of aldehydes is 1. The van der Waals surface area contributed by atoms with Crippen molar-refractivity contribution < 1.29 is 4.79 Å². The van der Waals surface area contributed by atoms with E-state index in [0.717, 1.165) is 48.0 Å². The summed E-state index contributed by atoms with van der Waals surface area (Å²) in [5.74, 6) is 0. The molecule has 1 aromatic heterocycles. The molecule has 4 nitrogen and oxygen atoms in total. The number of thiazole rings is 1. The Labute approximate surface area is 106 Å². The quantitative estimate of drug-likeness (QED) is 0.753. The van der Waals surface area contributed by atoms with Crippen LogP contribution in [0.1, 0.15) is 28.7 Å². The summed E-state index contributed by atoms with van der Waals surface area (Å²) in [4.78, 5) is 20.8. The number of rotatable bonds is 2. The summed E-state index contributed by atoms with van der Waals surface area (Å²) >= 11 is 1.51. The van der Waals surface area contributed by atoms with Gasteiger partial charge in [0.25, 0.3) is 0 Å². The zero-order valence-corrected chi connectivity index (χ0v) is 11.5. The molecule has 0 aliphatic carbocycles. The third kappa shape index (κ3) is 2.66. The van der Waals surface area contributed by atoms with Crippen LogP contribution in [0.4, 0.5) is 5.13 Å². The van der Waals surface area contributed by atoms with E-state index in [1.54, 1.807) is 0 Å². The second-order valence-electron chi connectivity index (χ2n) is 4.72. The summed E-state index contributed by atoms with van der Waals surface area (Å²) in [6, 6.07) is 0.451. The summed E-state index contributed by atoms with van der Waals surface area (Å²) < 4.78 is 0. The highest BCUT2D eigenvalue weighted by Crippen LogP contribution is 2.27. The van der Waals surface area contributed by atoms with E-state index < -0.39 is 0 Å². The van der Waals surface area contributed by atoms with Crippen molar-refractivity contribution in [3.63, 3.8) is 0 Å². The Bertz CT molecular complexity index is 404. The lowest BCUT2D eigenvalue weighted by Crippen LogP contribution is -2.37. The average Bonchev–Trinajstić information content (AvgIpc) is 2.56. The molecule has 0 bridgehead atoms. The fourth-order valence-corrected chi connectivity index (χ4v) is 3.29. The lowest BCUT2D eigenvalue weighted by molar-refractivity contribution is 0.112. The molecule has 2 rings (SSSR count). The summed E-state index contributed by atoms with van der Waals surface area (Å²) in [5.41, 5.74) is 0.852. The molecule has 5 heteroatoms. The van der Waals surface area contributed by atoms with Gasteiger partial charge in [-0.3, -0.25) is 4.79 Å². The topological polar surface area (TPSA) is 36.4 Å². The monoisotopic (exact) mass is 253 g/mol. The van der Waals surface area contributed by atoms with Crippen LogP contribution >= 0.6 is 11.3 Å². The Morgan fingerprint density at radius 3 is 2.88 bits per heavy atom. The lowest BCUT2D eigenvalue weighted by Gasteiger charge is -2.27. The average molecular weight is 253 g/mol. The van der Waals surface area contributed by atoms with Gasteiger partial charge in [0.2, 0.25) is 0 Å². The highest BCUT2D eigenvalue weighted by Gasteiger charge is 2.22. The van der Waals surface area contributed by atoms with Crippen molar-refractivity contribution in [2.45, 2.75) is 26.3 Å². The van der Waals surface area contributed by atoms with E-state index in [1.807, 2.05) is 6.92 Å². The van der Waals surface area contributed by atoms with Gasteiger partial charge in [-0.2, -0.15) is 0 Å². The Morgan fingerprint density at radius 1 is 1.47 bits per heavy atom. The summed E-state index contributed by atoms with van der Waals surface area (Å²) in [5, 5.41) is 0.993. The fourth-order valence-electron chi connectivity index (χ4n) is 2.28. The van der Waals surface area contributed by atoms with Gasteiger partial charge in [-0.25, -0.2) is 4.98 Å². The second kappa shape index (κ2) is 5.14. The number of hydrogen-bond donors (Lipinski definition) is 0. The first-order valence-electron chi connectivity index (χ1n) is 5.99. The summed E-state index contributed by atoms with van der Waals surface area (Å²) in [6.45, 7) is 7.33. The molecule has 1 atom stereocenters. The standard InChI is InChI=1S/C12H19N3OS/c1-9-7-14(3)5-4-6-15(9)12-13-10(2)11(8-16)17-12/h8-9H,4-7H2,1-3H3. The molecular formula is C12H19N3OS. The van der Waals surface area contributed by atoms with Gasteiger partial charge in [0, 0.05) is 19.1 Å². The second-order valence-corrected chi connectivity index (χ2v) is 5.73. The highest BCUT2D eigenvalue weighted by molar-refractivity contribution is 7.17. The van der Waals surface area contributed by atoms with Crippen LogP contribution in [0.15, 0.2) is 0 Å². The molecule has 2 heterocycles. The minimum absolute atomic E-state index is 0.451. The van der Waals surface area contributed by atoms with Crippen molar-refractivity contribution in [1.82, 2.24) is 9.88 Å². The predicted molar refractivity (Wildman–Crippen MR) is 71.2 cm³/mol. The predicted octanol–water partition coefficient (Wildman–Crippen LogP) is 1.79. The number of nitrogens with zero attached hydrogens (tertiary/aromatic N) is 3. The van der Waals surface area contributed by atoms with Gasteiger partial charge in [0.1, 0.15) is 0 Å². The Balaban J connectivity index is 2.22. The van der Waals surface area contributed by atoms with Gasteiger partial charge >= 0.3 is 0 Å². The van der Waals surface area contributed by atoms with Gasteiger partial charge in [-0.15, -0.1) is 0 Å². The molecular weight excluding hydrogens is 234 g/mol. The maximum Gasteiger partial charge on any atom is 0.186 e. The van der Waals surface area contributed by atoms with E-state index in [-0.39, 0.29) is 0 Å². The molecule has 1 unspecified atom stereocenters. The molecule has 0 aromatic carbocycles. The van der Waals surface area contributed by atoms with Crippen molar-refractivity contribution in [2.75, 3.05) is 31.6 Å². The molecule has 0 amide bonds. The van der Waals surface area contributed by atoms with Gasteiger partial charge in [-0.05, 0) is 33.9 Å². The molecule has 17 heavy (non-hydrogen) atoms. The number of aromatic nitrogens is 1. The molecule has 1 aliphatic heterocycles. The van der Waals surface area contributed by atoms with Gasteiger partial charge in [0.15, 0.2) is 11.4 Å². The Kier molecular flexibility index (Phi) is 3.79. The smallest absolute Gasteiger partial charge is 0.186 e. The van der Waals surface area contributed by atoms with Crippen molar-refractivity contribution in [1.29, 1.82) is 0 Å². The van der Waals surface area contributed by atoms with Crippen LogP contribution in [0, 0.1) is 6.92 Å². The number of carbonyl (C=O) groups excluding carboxylic acids is 1. The van der Waals surface area contributed by atoms with Crippen LogP contribution in [0.5, 0.6) is 0 Å². The van der Waals surface area contributed by atoms with Gasteiger partial charge < -0.3 is 9.80 Å². The maximum absolute atomic E-state index is 10.9. The third-order valence-electron chi connectivity index (χ3n) is 3.22. The minimum Gasteiger partial charge on any atom is -0.344 e. The molecule has 0 spiro atoms. The van der Waals surface area contributed by atoms with Gasteiger partial charge in [-0.1, -0.05) is 11.3 Å². The molecule has 0 saturated carbocycles. The van der Waals surface area contributed by atoms with Crippen LogP contribution < -0.4 is 4.90 Å². The Morgan fingerprint density at radius 2 is 2.24 bits per heavy atom. The van der Waals surface area contributed by atoms with E-state index >= 15 is 0 Å². The third-order valence-corrected chi connectivity index (χ3v) is 4.34. The van der Waals surface area contributed by atoms with Crippen LogP contribution in [-0.2, 0) is 0 Å². The normalized spacial score (nSPS) is 22.5. The molecule has 0 N–H and O–H groups in total. The number of hydrogen-bond acceptors (Lipinski definition) is 5. The van der Waals surface area contributed by atoms with Gasteiger partial charge in [0.05, 0.1) is 10.6 Å². The first-order chi connectivity index (χ1) is 8.11.